The predicted molar refractivity (Wildman–Crippen MR) is 137 cm³/mol. The molecule has 2 fully saturated rings. The van der Waals surface area contributed by atoms with Crippen LogP contribution in [0.3, 0.4) is 0 Å². The van der Waals surface area contributed by atoms with Gasteiger partial charge in [0.25, 0.3) is 0 Å². The molecule has 2 aromatic carbocycles. The molecule has 1 saturated heterocycles. The molecule has 0 aromatic heterocycles. The zero-order valence-electron chi connectivity index (χ0n) is 17.4. The molecule has 4 nitrogen and oxygen atoms in total. The third-order valence-corrected chi connectivity index (χ3v) is 6.83. The third kappa shape index (κ3) is 5.60. The fourth-order valence-electron chi connectivity index (χ4n) is 3.89. The first-order chi connectivity index (χ1) is 14.2. The fraction of sp³-hybridized carbons (Fsp3) is 0.435. The van der Waals surface area contributed by atoms with Gasteiger partial charge in [0.1, 0.15) is 5.82 Å². The van der Waals surface area contributed by atoms with E-state index in [0.717, 1.165) is 37.5 Å². The van der Waals surface area contributed by atoms with E-state index in [-0.39, 0.29) is 35.2 Å². The number of halogens is 2. The van der Waals surface area contributed by atoms with Gasteiger partial charge in [0, 0.05) is 55.8 Å². The van der Waals surface area contributed by atoms with Gasteiger partial charge in [0.15, 0.2) is 5.96 Å². The van der Waals surface area contributed by atoms with Crippen molar-refractivity contribution in [2.24, 2.45) is 4.99 Å². The number of thioether (sulfide) groups is 1. The van der Waals surface area contributed by atoms with Gasteiger partial charge in [-0.3, -0.25) is 4.99 Å². The topological polar surface area (TPSA) is 39.7 Å². The summed E-state index contributed by atoms with van der Waals surface area (Å²) < 4.78 is 14.2. The standard InChI is InChI=1S/C23H29FN4S.HI/c1-25-22(27-17-23(10-11-23)20-4-2-3-5-21(20)24)26-16-18-6-8-19(9-7-18)28-12-14-29-15-13-28;/h2-9H,10-17H2,1H3,(H2,25,26,27);1H. The average molecular weight is 540 g/mol. The lowest BCUT2D eigenvalue weighted by Gasteiger charge is -2.28. The van der Waals surface area contributed by atoms with Crippen LogP contribution in [-0.2, 0) is 12.0 Å². The minimum atomic E-state index is -0.109. The Labute approximate surface area is 200 Å². The van der Waals surface area contributed by atoms with Crippen molar-refractivity contribution in [3.05, 3.63) is 65.5 Å². The Bertz CT molecular complexity index is 849. The molecule has 1 aliphatic carbocycles. The molecule has 0 bridgehead atoms. The lowest BCUT2D eigenvalue weighted by atomic mass is 9.95. The molecule has 30 heavy (non-hydrogen) atoms. The number of guanidine groups is 1. The molecule has 162 valence electrons. The van der Waals surface area contributed by atoms with E-state index in [1.807, 2.05) is 23.9 Å². The third-order valence-electron chi connectivity index (χ3n) is 5.89. The highest BCUT2D eigenvalue weighted by atomic mass is 127. The molecule has 0 radical (unpaired) electrons. The van der Waals surface area contributed by atoms with Crippen molar-refractivity contribution in [3.63, 3.8) is 0 Å². The number of nitrogens with one attached hydrogen (secondary N) is 2. The van der Waals surface area contributed by atoms with Gasteiger partial charge in [-0.15, -0.1) is 24.0 Å². The highest BCUT2D eigenvalue weighted by molar-refractivity contribution is 14.0. The van der Waals surface area contributed by atoms with E-state index >= 15 is 0 Å². The Morgan fingerprint density at radius 3 is 2.40 bits per heavy atom. The van der Waals surface area contributed by atoms with E-state index in [0.29, 0.717) is 13.1 Å². The van der Waals surface area contributed by atoms with Crippen LogP contribution in [0.5, 0.6) is 0 Å². The van der Waals surface area contributed by atoms with E-state index in [1.165, 1.54) is 22.8 Å². The molecule has 2 N–H and O–H groups in total. The van der Waals surface area contributed by atoms with Gasteiger partial charge in [0.2, 0.25) is 0 Å². The minimum absolute atomic E-state index is 0. The molecule has 1 heterocycles. The maximum Gasteiger partial charge on any atom is 0.191 e. The van der Waals surface area contributed by atoms with Gasteiger partial charge >= 0.3 is 0 Å². The van der Waals surface area contributed by atoms with E-state index in [1.54, 1.807) is 19.2 Å². The molecule has 0 amide bonds. The van der Waals surface area contributed by atoms with Crippen molar-refractivity contribution in [2.75, 3.05) is 43.1 Å². The summed E-state index contributed by atoms with van der Waals surface area (Å²) in [6, 6.07) is 15.9. The van der Waals surface area contributed by atoms with Crippen LogP contribution in [0.15, 0.2) is 53.5 Å². The summed E-state index contributed by atoms with van der Waals surface area (Å²) in [6.07, 6.45) is 2.02. The summed E-state index contributed by atoms with van der Waals surface area (Å²) >= 11 is 2.03. The molecule has 2 aliphatic rings. The van der Waals surface area contributed by atoms with Gasteiger partial charge in [-0.1, -0.05) is 30.3 Å². The molecule has 1 saturated carbocycles. The Morgan fingerprint density at radius 2 is 1.77 bits per heavy atom. The first-order valence-electron chi connectivity index (χ1n) is 10.3. The van der Waals surface area contributed by atoms with Crippen LogP contribution < -0.4 is 15.5 Å². The van der Waals surface area contributed by atoms with Crippen molar-refractivity contribution >= 4 is 47.4 Å². The number of benzene rings is 2. The second kappa shape index (κ2) is 10.7. The van der Waals surface area contributed by atoms with Crippen molar-refractivity contribution < 1.29 is 4.39 Å². The Hall–Kier alpha value is -1.48. The minimum Gasteiger partial charge on any atom is -0.370 e. The van der Waals surface area contributed by atoms with Gasteiger partial charge in [-0.25, -0.2) is 4.39 Å². The first-order valence-corrected chi connectivity index (χ1v) is 11.5. The number of hydrogen-bond acceptors (Lipinski definition) is 3. The highest BCUT2D eigenvalue weighted by Crippen LogP contribution is 2.48. The number of nitrogens with zero attached hydrogens (tertiary/aromatic N) is 2. The van der Waals surface area contributed by atoms with Gasteiger partial charge < -0.3 is 15.5 Å². The molecule has 0 unspecified atom stereocenters. The molecule has 4 rings (SSSR count). The van der Waals surface area contributed by atoms with Crippen molar-refractivity contribution in [1.29, 1.82) is 0 Å². The number of anilines is 1. The van der Waals surface area contributed by atoms with E-state index in [4.69, 9.17) is 0 Å². The smallest absolute Gasteiger partial charge is 0.191 e. The molecule has 7 heteroatoms. The van der Waals surface area contributed by atoms with Crippen molar-refractivity contribution in [2.45, 2.75) is 24.8 Å². The summed E-state index contributed by atoms with van der Waals surface area (Å²) in [5.74, 6) is 3.06. The number of rotatable bonds is 6. The van der Waals surface area contributed by atoms with E-state index in [9.17, 15) is 4.39 Å². The van der Waals surface area contributed by atoms with E-state index < -0.39 is 0 Å². The second-order valence-corrected chi connectivity index (χ2v) is 9.03. The summed E-state index contributed by atoms with van der Waals surface area (Å²) in [4.78, 5) is 6.78. The maximum atomic E-state index is 14.2. The van der Waals surface area contributed by atoms with Crippen molar-refractivity contribution in [1.82, 2.24) is 10.6 Å². The predicted octanol–water partition coefficient (Wildman–Crippen LogP) is 4.39. The number of aliphatic imine (C=N–C) groups is 1. The van der Waals surface area contributed by atoms with E-state index in [2.05, 4.69) is 44.8 Å². The van der Waals surface area contributed by atoms with Crippen LogP contribution in [0, 0.1) is 5.82 Å². The number of hydrogen-bond donors (Lipinski definition) is 2. The lowest BCUT2D eigenvalue weighted by Crippen LogP contribution is -2.41. The largest absolute Gasteiger partial charge is 0.370 e. The van der Waals surface area contributed by atoms with Crippen LogP contribution in [0.25, 0.3) is 0 Å². The summed E-state index contributed by atoms with van der Waals surface area (Å²) in [6.45, 7) is 3.66. The van der Waals surface area contributed by atoms with Gasteiger partial charge in [-0.2, -0.15) is 11.8 Å². The highest BCUT2D eigenvalue weighted by Gasteiger charge is 2.45. The second-order valence-electron chi connectivity index (χ2n) is 7.81. The van der Waals surface area contributed by atoms with Gasteiger partial charge in [-0.05, 0) is 42.2 Å². The zero-order valence-corrected chi connectivity index (χ0v) is 20.5. The Morgan fingerprint density at radius 1 is 1.07 bits per heavy atom. The molecule has 0 atom stereocenters. The molecule has 2 aromatic rings. The Balaban J connectivity index is 0.00000256. The summed E-state index contributed by atoms with van der Waals surface area (Å²) in [5, 5.41) is 6.77. The van der Waals surface area contributed by atoms with Crippen LogP contribution in [-0.4, -0.2) is 44.1 Å². The summed E-state index contributed by atoms with van der Waals surface area (Å²) in [7, 11) is 1.77. The fourth-order valence-corrected chi connectivity index (χ4v) is 4.79. The normalized spacial score (nSPS) is 17.8. The lowest BCUT2D eigenvalue weighted by molar-refractivity contribution is 0.559. The van der Waals surface area contributed by atoms with Crippen LogP contribution >= 0.6 is 35.7 Å². The molecule has 1 aliphatic heterocycles. The SMILES string of the molecule is CN=C(NCc1ccc(N2CCSCC2)cc1)NCC1(c2ccccc2F)CC1.I. The first kappa shape index (κ1) is 23.2. The van der Waals surface area contributed by atoms with Crippen LogP contribution in [0.1, 0.15) is 24.0 Å². The van der Waals surface area contributed by atoms with Crippen LogP contribution in [0.2, 0.25) is 0 Å². The monoisotopic (exact) mass is 540 g/mol. The zero-order chi connectivity index (χ0) is 20.1. The Kier molecular flexibility index (Phi) is 8.27. The quantitative estimate of drug-likeness (QED) is 0.324. The summed E-state index contributed by atoms with van der Waals surface area (Å²) in [5.41, 5.74) is 3.24. The van der Waals surface area contributed by atoms with Crippen molar-refractivity contribution in [3.8, 4) is 0 Å². The molecular weight excluding hydrogens is 510 g/mol. The molecular formula is C23H30FIN4S. The van der Waals surface area contributed by atoms with Gasteiger partial charge in [0.05, 0.1) is 0 Å². The molecule has 0 spiro atoms. The maximum absolute atomic E-state index is 14.2. The van der Waals surface area contributed by atoms with Crippen LogP contribution in [0.4, 0.5) is 10.1 Å². The average Bonchev–Trinajstić information content (AvgIpc) is 3.56.